The SMILES string of the molecule is CC(Cc1ccco1)NCC(N)=NO. The average Bonchev–Trinajstić information content (AvgIpc) is 2.66. The first-order chi connectivity index (χ1) is 6.72. The van der Waals surface area contributed by atoms with Crippen molar-refractivity contribution in [2.45, 2.75) is 19.4 Å². The summed E-state index contributed by atoms with van der Waals surface area (Å²) in [4.78, 5) is 0. The second-order valence-electron chi connectivity index (χ2n) is 3.16. The largest absolute Gasteiger partial charge is 0.469 e. The highest BCUT2D eigenvalue weighted by atomic mass is 16.4. The maximum atomic E-state index is 8.31. The highest BCUT2D eigenvalue weighted by molar-refractivity contribution is 5.81. The number of nitrogens with one attached hydrogen (secondary N) is 1. The van der Waals surface area contributed by atoms with Crippen LogP contribution in [0, 0.1) is 0 Å². The highest BCUT2D eigenvalue weighted by Gasteiger charge is 2.05. The number of hydrogen-bond donors (Lipinski definition) is 3. The second kappa shape index (κ2) is 5.29. The van der Waals surface area contributed by atoms with Gasteiger partial charge in [-0.25, -0.2) is 0 Å². The number of rotatable bonds is 5. The summed E-state index contributed by atoms with van der Waals surface area (Å²) in [5.41, 5.74) is 5.31. The fourth-order valence-electron chi connectivity index (χ4n) is 1.12. The van der Waals surface area contributed by atoms with Gasteiger partial charge in [-0.3, -0.25) is 0 Å². The van der Waals surface area contributed by atoms with Gasteiger partial charge in [0.25, 0.3) is 0 Å². The first-order valence-corrected chi connectivity index (χ1v) is 4.44. The molecule has 1 rings (SSSR count). The second-order valence-corrected chi connectivity index (χ2v) is 3.16. The van der Waals surface area contributed by atoms with E-state index in [9.17, 15) is 0 Å². The third-order valence-corrected chi connectivity index (χ3v) is 1.85. The zero-order chi connectivity index (χ0) is 10.4. The summed E-state index contributed by atoms with van der Waals surface area (Å²) in [5.74, 6) is 1.10. The zero-order valence-electron chi connectivity index (χ0n) is 8.10. The smallest absolute Gasteiger partial charge is 0.153 e. The van der Waals surface area contributed by atoms with Crippen LogP contribution in [0.25, 0.3) is 0 Å². The Hall–Kier alpha value is -1.49. The van der Waals surface area contributed by atoms with E-state index in [0.29, 0.717) is 6.54 Å². The fraction of sp³-hybridized carbons (Fsp3) is 0.444. The molecule has 0 aromatic carbocycles. The number of furan rings is 1. The van der Waals surface area contributed by atoms with Gasteiger partial charge in [0, 0.05) is 12.5 Å². The van der Waals surface area contributed by atoms with Crippen molar-refractivity contribution in [1.29, 1.82) is 0 Å². The Bertz CT molecular complexity index is 282. The molecule has 78 valence electrons. The predicted octanol–water partition coefficient (Wildman–Crippen LogP) is 0.547. The van der Waals surface area contributed by atoms with E-state index in [4.69, 9.17) is 15.4 Å². The molecule has 1 heterocycles. The van der Waals surface area contributed by atoms with Crippen molar-refractivity contribution < 1.29 is 9.62 Å². The van der Waals surface area contributed by atoms with Crippen LogP contribution in [0.5, 0.6) is 0 Å². The number of nitrogens with two attached hydrogens (primary N) is 1. The lowest BCUT2D eigenvalue weighted by Gasteiger charge is -2.10. The molecule has 1 atom stereocenters. The van der Waals surface area contributed by atoms with E-state index in [2.05, 4.69) is 10.5 Å². The van der Waals surface area contributed by atoms with Crippen molar-refractivity contribution in [3.8, 4) is 0 Å². The van der Waals surface area contributed by atoms with Crippen LogP contribution in [0.2, 0.25) is 0 Å². The van der Waals surface area contributed by atoms with Gasteiger partial charge in [0.15, 0.2) is 5.84 Å². The molecule has 0 aliphatic heterocycles. The summed E-state index contributed by atoms with van der Waals surface area (Å²) >= 11 is 0. The maximum Gasteiger partial charge on any atom is 0.153 e. The standard InChI is InChI=1S/C9H15N3O2/c1-7(11-6-9(10)12-13)5-8-3-2-4-14-8/h2-4,7,11,13H,5-6H2,1H3,(H2,10,12). The lowest BCUT2D eigenvalue weighted by Crippen LogP contribution is -2.36. The number of hydrogen-bond acceptors (Lipinski definition) is 4. The molecule has 1 aromatic rings. The van der Waals surface area contributed by atoms with Crippen molar-refractivity contribution >= 4 is 5.84 Å². The topological polar surface area (TPSA) is 83.8 Å². The number of amidine groups is 1. The van der Waals surface area contributed by atoms with Crippen molar-refractivity contribution in [2.75, 3.05) is 6.54 Å². The molecule has 0 aliphatic rings. The normalized spacial score (nSPS) is 14.2. The van der Waals surface area contributed by atoms with E-state index in [0.717, 1.165) is 12.2 Å². The Morgan fingerprint density at radius 1 is 1.79 bits per heavy atom. The monoisotopic (exact) mass is 197 g/mol. The lowest BCUT2D eigenvalue weighted by atomic mass is 10.2. The van der Waals surface area contributed by atoms with Gasteiger partial charge < -0.3 is 20.7 Å². The third kappa shape index (κ3) is 3.49. The molecular weight excluding hydrogens is 182 g/mol. The highest BCUT2D eigenvalue weighted by Crippen LogP contribution is 2.03. The Balaban J connectivity index is 2.26. The van der Waals surface area contributed by atoms with Gasteiger partial charge in [0.2, 0.25) is 0 Å². The van der Waals surface area contributed by atoms with Gasteiger partial charge in [0.05, 0.1) is 12.8 Å². The van der Waals surface area contributed by atoms with E-state index in [1.54, 1.807) is 6.26 Å². The van der Waals surface area contributed by atoms with Gasteiger partial charge in [0.1, 0.15) is 5.76 Å². The first-order valence-electron chi connectivity index (χ1n) is 4.44. The Morgan fingerprint density at radius 3 is 3.14 bits per heavy atom. The summed E-state index contributed by atoms with van der Waals surface area (Å²) in [6, 6.07) is 3.99. The number of nitrogens with zero attached hydrogens (tertiary/aromatic N) is 1. The van der Waals surface area contributed by atoms with Crippen molar-refractivity contribution in [2.24, 2.45) is 10.9 Å². The molecule has 0 bridgehead atoms. The van der Waals surface area contributed by atoms with Crippen LogP contribution in [0.1, 0.15) is 12.7 Å². The van der Waals surface area contributed by atoms with Gasteiger partial charge in [-0.1, -0.05) is 5.16 Å². The summed E-state index contributed by atoms with van der Waals surface area (Å²) in [7, 11) is 0. The molecule has 0 amide bonds. The van der Waals surface area contributed by atoms with Crippen LogP contribution in [-0.4, -0.2) is 23.6 Å². The van der Waals surface area contributed by atoms with E-state index < -0.39 is 0 Å². The zero-order valence-corrected chi connectivity index (χ0v) is 8.10. The minimum atomic E-state index is 0.177. The first kappa shape index (κ1) is 10.6. The van der Waals surface area contributed by atoms with Crippen LogP contribution in [0.4, 0.5) is 0 Å². The number of oxime groups is 1. The molecule has 0 aliphatic carbocycles. The van der Waals surface area contributed by atoms with Crippen molar-refractivity contribution in [3.63, 3.8) is 0 Å². The van der Waals surface area contributed by atoms with E-state index in [1.165, 1.54) is 0 Å². The molecule has 0 radical (unpaired) electrons. The van der Waals surface area contributed by atoms with Crippen LogP contribution in [-0.2, 0) is 6.42 Å². The maximum absolute atomic E-state index is 8.31. The molecule has 14 heavy (non-hydrogen) atoms. The third-order valence-electron chi connectivity index (χ3n) is 1.85. The lowest BCUT2D eigenvalue weighted by molar-refractivity contribution is 0.316. The van der Waals surface area contributed by atoms with Gasteiger partial charge in [-0.05, 0) is 19.1 Å². The quantitative estimate of drug-likeness (QED) is 0.278. The molecule has 0 fully saturated rings. The molecule has 5 heteroatoms. The molecule has 0 saturated carbocycles. The molecule has 0 spiro atoms. The summed E-state index contributed by atoms with van der Waals surface area (Å²) < 4.78 is 5.19. The minimum Gasteiger partial charge on any atom is -0.469 e. The van der Waals surface area contributed by atoms with Crippen molar-refractivity contribution in [3.05, 3.63) is 24.2 Å². The van der Waals surface area contributed by atoms with Gasteiger partial charge >= 0.3 is 0 Å². The Morgan fingerprint density at radius 2 is 2.57 bits per heavy atom. The molecule has 4 N–H and O–H groups in total. The van der Waals surface area contributed by atoms with E-state index >= 15 is 0 Å². The minimum absolute atomic E-state index is 0.177. The van der Waals surface area contributed by atoms with Crippen LogP contribution >= 0.6 is 0 Å². The summed E-state index contributed by atoms with van der Waals surface area (Å²) in [6.07, 6.45) is 2.43. The molecule has 1 aromatic heterocycles. The molecule has 1 unspecified atom stereocenters. The fourth-order valence-corrected chi connectivity index (χ4v) is 1.12. The summed E-state index contributed by atoms with van der Waals surface area (Å²) in [5, 5.41) is 14.3. The summed E-state index contributed by atoms with van der Waals surface area (Å²) in [6.45, 7) is 2.38. The average molecular weight is 197 g/mol. The molecule has 0 saturated heterocycles. The van der Waals surface area contributed by atoms with Crippen molar-refractivity contribution in [1.82, 2.24) is 5.32 Å². The van der Waals surface area contributed by atoms with Crippen LogP contribution in [0.3, 0.4) is 0 Å². The van der Waals surface area contributed by atoms with E-state index in [1.807, 2.05) is 19.1 Å². The van der Waals surface area contributed by atoms with E-state index in [-0.39, 0.29) is 11.9 Å². The van der Waals surface area contributed by atoms with Gasteiger partial charge in [-0.15, -0.1) is 0 Å². The van der Waals surface area contributed by atoms with Gasteiger partial charge in [-0.2, -0.15) is 0 Å². The Kier molecular flexibility index (Phi) is 4.00. The Labute approximate surface area is 82.6 Å². The van der Waals surface area contributed by atoms with Crippen LogP contribution < -0.4 is 11.1 Å². The predicted molar refractivity (Wildman–Crippen MR) is 53.3 cm³/mol. The molecule has 5 nitrogen and oxygen atoms in total. The van der Waals surface area contributed by atoms with Crippen LogP contribution in [0.15, 0.2) is 28.0 Å². The molecular formula is C9H15N3O2.